The van der Waals surface area contributed by atoms with Gasteiger partial charge in [-0.15, -0.1) is 0 Å². The molecule has 1 saturated heterocycles. The van der Waals surface area contributed by atoms with Gasteiger partial charge in [0.1, 0.15) is 24.7 Å². The van der Waals surface area contributed by atoms with Gasteiger partial charge in [-0.1, -0.05) is 39.8 Å². The molecule has 8 heteroatoms. The molecule has 0 bridgehead atoms. The third kappa shape index (κ3) is 6.56. The molecule has 210 valence electrons. The Morgan fingerprint density at radius 1 is 1.08 bits per heavy atom. The zero-order valence-corrected chi connectivity index (χ0v) is 23.4. The van der Waals surface area contributed by atoms with Crippen molar-refractivity contribution in [1.82, 2.24) is 9.80 Å². The lowest BCUT2D eigenvalue weighted by molar-refractivity contribution is -0.140. The lowest BCUT2D eigenvalue weighted by atomic mass is 9.95. The number of ketones is 1. The van der Waals surface area contributed by atoms with Gasteiger partial charge in [-0.05, 0) is 74.3 Å². The van der Waals surface area contributed by atoms with Gasteiger partial charge in [-0.25, -0.2) is 0 Å². The van der Waals surface area contributed by atoms with Crippen LogP contribution in [0.4, 0.5) is 0 Å². The molecule has 2 aromatic carbocycles. The van der Waals surface area contributed by atoms with Crippen molar-refractivity contribution in [3.05, 3.63) is 59.2 Å². The molecule has 0 aromatic heterocycles. The Balaban J connectivity index is 1.71. The minimum atomic E-state index is -0.733. The van der Waals surface area contributed by atoms with Gasteiger partial charge < -0.3 is 29.1 Å². The number of ether oxygens (including phenoxy) is 3. The van der Waals surface area contributed by atoms with Gasteiger partial charge >= 0.3 is 0 Å². The van der Waals surface area contributed by atoms with Crippen molar-refractivity contribution < 1.29 is 28.9 Å². The average molecular weight is 537 g/mol. The molecule has 4 rings (SSSR count). The van der Waals surface area contributed by atoms with Crippen LogP contribution in [0.15, 0.2) is 48.0 Å². The van der Waals surface area contributed by atoms with Gasteiger partial charge in [0.2, 0.25) is 0 Å². The number of hydrogen-bond donors (Lipinski definition) is 1. The van der Waals surface area contributed by atoms with Crippen molar-refractivity contribution in [2.24, 2.45) is 5.92 Å². The highest BCUT2D eigenvalue weighted by atomic mass is 16.6. The third-order valence-electron chi connectivity index (χ3n) is 7.26. The van der Waals surface area contributed by atoms with Crippen LogP contribution in [-0.2, 0) is 9.59 Å². The molecule has 0 radical (unpaired) electrons. The Kier molecular flexibility index (Phi) is 9.51. The summed E-state index contributed by atoms with van der Waals surface area (Å²) in [4.78, 5) is 30.7. The molecule has 0 spiro atoms. The van der Waals surface area contributed by atoms with E-state index in [2.05, 4.69) is 32.6 Å². The predicted octanol–water partition coefficient (Wildman–Crippen LogP) is 5.04. The first-order valence-corrected chi connectivity index (χ1v) is 14.0. The topological polar surface area (TPSA) is 88.5 Å². The zero-order chi connectivity index (χ0) is 27.9. The number of aliphatic hydroxyl groups excluding tert-OH is 1. The van der Waals surface area contributed by atoms with E-state index in [1.165, 1.54) is 0 Å². The van der Waals surface area contributed by atoms with E-state index in [-0.39, 0.29) is 11.3 Å². The highest BCUT2D eigenvalue weighted by Gasteiger charge is 2.46. The lowest BCUT2D eigenvalue weighted by Gasteiger charge is -2.27. The number of aliphatic hydroxyl groups is 1. The monoisotopic (exact) mass is 536 g/mol. The van der Waals surface area contributed by atoms with Gasteiger partial charge in [-0.3, -0.25) is 9.59 Å². The van der Waals surface area contributed by atoms with E-state index in [4.69, 9.17) is 14.2 Å². The minimum absolute atomic E-state index is 0.0684. The summed E-state index contributed by atoms with van der Waals surface area (Å²) in [6.45, 7) is 12.9. The molecule has 2 aromatic rings. The van der Waals surface area contributed by atoms with E-state index < -0.39 is 17.7 Å². The van der Waals surface area contributed by atoms with Crippen LogP contribution in [0.5, 0.6) is 17.2 Å². The number of Topliss-reactive ketones (excluding diaryl/α,β-unsaturated/α-hetero) is 1. The molecule has 1 fully saturated rings. The maximum absolute atomic E-state index is 13.4. The largest absolute Gasteiger partial charge is 0.507 e. The molecule has 0 saturated carbocycles. The fraction of sp³-hybridized carbons (Fsp3) is 0.484. The standard InChI is InChI=1S/C31H40N2O6/c1-5-32(6-2)14-8-15-33-28(22-9-7-10-24(19-22)37-16-13-21(3)4)27(30(35)31(33)36)29(34)23-11-12-25-26(20-23)39-18-17-38-25/h7,9-12,19-21,28,34H,5-6,8,13-18H2,1-4H3/b29-27+/t28-/m0/s1. The van der Waals surface area contributed by atoms with Crippen LogP contribution >= 0.6 is 0 Å². The van der Waals surface area contributed by atoms with Gasteiger partial charge in [0.15, 0.2) is 11.5 Å². The highest BCUT2D eigenvalue weighted by molar-refractivity contribution is 6.46. The first-order chi connectivity index (χ1) is 18.8. The van der Waals surface area contributed by atoms with Crippen molar-refractivity contribution in [3.8, 4) is 17.2 Å². The third-order valence-corrected chi connectivity index (χ3v) is 7.26. The van der Waals surface area contributed by atoms with Crippen LogP contribution in [0.2, 0.25) is 0 Å². The van der Waals surface area contributed by atoms with Crippen molar-refractivity contribution in [2.45, 2.75) is 46.6 Å². The Labute approximate surface area is 231 Å². The molecule has 39 heavy (non-hydrogen) atoms. The summed E-state index contributed by atoms with van der Waals surface area (Å²) in [6, 6.07) is 11.8. The lowest BCUT2D eigenvalue weighted by Crippen LogP contribution is -2.33. The van der Waals surface area contributed by atoms with Crippen LogP contribution in [0.25, 0.3) is 5.76 Å². The van der Waals surface area contributed by atoms with Crippen molar-refractivity contribution in [3.63, 3.8) is 0 Å². The summed E-state index contributed by atoms with van der Waals surface area (Å²) in [5, 5.41) is 11.5. The van der Waals surface area contributed by atoms with Crippen LogP contribution in [-0.4, -0.2) is 72.6 Å². The summed E-state index contributed by atoms with van der Waals surface area (Å²) < 4.78 is 17.3. The first-order valence-electron chi connectivity index (χ1n) is 14.0. The molecule has 1 N–H and O–H groups in total. The maximum Gasteiger partial charge on any atom is 0.295 e. The number of nitrogens with zero attached hydrogens (tertiary/aromatic N) is 2. The van der Waals surface area contributed by atoms with Gasteiger partial charge in [-0.2, -0.15) is 0 Å². The predicted molar refractivity (Wildman–Crippen MR) is 150 cm³/mol. The van der Waals surface area contributed by atoms with Crippen LogP contribution < -0.4 is 14.2 Å². The van der Waals surface area contributed by atoms with Crippen molar-refractivity contribution in [2.75, 3.05) is 46.0 Å². The van der Waals surface area contributed by atoms with E-state index in [9.17, 15) is 14.7 Å². The first kappa shape index (κ1) is 28.5. The van der Waals surface area contributed by atoms with Crippen molar-refractivity contribution in [1.29, 1.82) is 0 Å². The number of carbonyl (C=O) groups is 2. The second kappa shape index (κ2) is 13.0. The Hall–Kier alpha value is -3.52. The Morgan fingerprint density at radius 3 is 2.54 bits per heavy atom. The number of hydrogen-bond acceptors (Lipinski definition) is 7. The second-order valence-electron chi connectivity index (χ2n) is 10.3. The van der Waals surface area contributed by atoms with Gasteiger partial charge in [0, 0.05) is 12.1 Å². The molecule has 1 atom stereocenters. The number of likely N-dealkylation sites (tertiary alicyclic amines) is 1. The molecule has 2 aliphatic rings. The molecule has 8 nitrogen and oxygen atoms in total. The van der Waals surface area contributed by atoms with E-state index in [0.29, 0.717) is 61.5 Å². The average Bonchev–Trinajstić information content (AvgIpc) is 3.19. The van der Waals surface area contributed by atoms with E-state index >= 15 is 0 Å². The second-order valence-corrected chi connectivity index (χ2v) is 10.3. The van der Waals surface area contributed by atoms with Crippen LogP contribution in [0, 0.1) is 5.92 Å². The maximum atomic E-state index is 13.4. The van der Waals surface area contributed by atoms with Crippen LogP contribution in [0.1, 0.15) is 57.7 Å². The van der Waals surface area contributed by atoms with Crippen molar-refractivity contribution >= 4 is 17.4 Å². The molecule has 1 amide bonds. The van der Waals surface area contributed by atoms with E-state index in [1.54, 1.807) is 23.1 Å². The molecule has 2 aliphatic heterocycles. The summed E-state index contributed by atoms with van der Waals surface area (Å²) in [7, 11) is 0. The molecule has 2 heterocycles. The SMILES string of the molecule is CCN(CC)CCCN1C(=O)C(=O)/C(=C(/O)c2ccc3c(c2)OCCO3)[C@@H]1c1cccc(OCCC(C)C)c1. The molecule has 0 unspecified atom stereocenters. The summed E-state index contributed by atoms with van der Waals surface area (Å²) in [5.41, 5.74) is 1.19. The summed E-state index contributed by atoms with van der Waals surface area (Å²) in [5.74, 6) is 0.727. The quantitative estimate of drug-likeness (QED) is 0.231. The highest BCUT2D eigenvalue weighted by Crippen LogP contribution is 2.41. The fourth-order valence-electron chi connectivity index (χ4n) is 4.99. The molecule has 0 aliphatic carbocycles. The zero-order valence-electron chi connectivity index (χ0n) is 23.4. The Morgan fingerprint density at radius 2 is 1.82 bits per heavy atom. The van der Waals surface area contributed by atoms with E-state index in [0.717, 1.165) is 31.6 Å². The number of fused-ring (bicyclic) bond motifs is 1. The summed E-state index contributed by atoms with van der Waals surface area (Å²) >= 11 is 0. The smallest absolute Gasteiger partial charge is 0.295 e. The van der Waals surface area contributed by atoms with Gasteiger partial charge in [0.05, 0.1) is 18.2 Å². The number of amides is 1. The fourth-order valence-corrected chi connectivity index (χ4v) is 4.99. The normalized spacial score (nSPS) is 18.3. The van der Waals surface area contributed by atoms with Gasteiger partial charge in [0.25, 0.3) is 11.7 Å². The number of benzene rings is 2. The number of carbonyl (C=O) groups excluding carboxylic acids is 2. The Bertz CT molecular complexity index is 1200. The molecular weight excluding hydrogens is 496 g/mol. The number of rotatable bonds is 12. The summed E-state index contributed by atoms with van der Waals surface area (Å²) in [6.07, 6.45) is 1.62. The minimum Gasteiger partial charge on any atom is -0.507 e. The molecular formula is C31H40N2O6. The van der Waals surface area contributed by atoms with E-state index in [1.807, 2.05) is 24.3 Å². The van der Waals surface area contributed by atoms with Crippen LogP contribution in [0.3, 0.4) is 0 Å².